The Balaban J connectivity index is 0.00000216. The number of β-amino-alcohol motifs (C(OH)–C–C–N with tert-alkyl or cyclic N) is 1. The number of carboxylic acid groups (broad SMARTS) is 1. The maximum absolute atomic E-state index is 13.7. The van der Waals surface area contributed by atoms with Crippen LogP contribution in [0.3, 0.4) is 0 Å². The van der Waals surface area contributed by atoms with E-state index in [0.717, 1.165) is 31.2 Å². The van der Waals surface area contributed by atoms with E-state index in [1.165, 1.54) is 4.31 Å². The number of hydrogen-bond donors (Lipinski definition) is 5. The van der Waals surface area contributed by atoms with Gasteiger partial charge in [0, 0.05) is 36.4 Å². The van der Waals surface area contributed by atoms with Crippen molar-refractivity contribution < 1.29 is 28.2 Å². The molecule has 44 heavy (non-hydrogen) atoms. The molecule has 10 nitrogen and oxygen atoms in total. The molecule has 5 N–H and O–H groups in total. The lowest BCUT2D eigenvalue weighted by Crippen LogP contribution is -2.52. The molecule has 3 rings (SSSR count). The minimum Gasteiger partial charge on any atom is -0.483 e. The summed E-state index contributed by atoms with van der Waals surface area (Å²) in [6, 6.07) is 14.4. The predicted octanol–water partition coefficient (Wildman–Crippen LogP) is 4.65. The van der Waals surface area contributed by atoms with Gasteiger partial charge in [-0.1, -0.05) is 57.0 Å². The molecule has 11 heteroatoms. The Bertz CT molecular complexity index is 1270. The first-order chi connectivity index (χ1) is 20.8. The zero-order valence-corrected chi connectivity index (χ0v) is 27.7. The molecule has 1 saturated heterocycles. The van der Waals surface area contributed by atoms with Crippen LogP contribution in [0.2, 0.25) is 0 Å². The third kappa shape index (κ3) is 12.5. The van der Waals surface area contributed by atoms with Gasteiger partial charge in [-0.25, -0.2) is 8.42 Å². The molecule has 1 fully saturated rings. The van der Waals surface area contributed by atoms with E-state index in [1.807, 2.05) is 37.3 Å². The summed E-state index contributed by atoms with van der Waals surface area (Å²) in [5.41, 5.74) is 2.38. The lowest BCUT2D eigenvalue weighted by atomic mass is 9.93. The van der Waals surface area contributed by atoms with Crippen molar-refractivity contribution in [1.82, 2.24) is 10.6 Å². The minimum atomic E-state index is -3.44. The zero-order valence-electron chi connectivity index (χ0n) is 26.9. The van der Waals surface area contributed by atoms with Crippen LogP contribution in [0, 0.1) is 5.92 Å². The van der Waals surface area contributed by atoms with Crippen LogP contribution in [0.25, 0.3) is 0 Å². The lowest BCUT2D eigenvalue weighted by molar-refractivity contribution is -0.122. The fourth-order valence-electron chi connectivity index (χ4n) is 5.24. The van der Waals surface area contributed by atoms with Crippen LogP contribution < -0.4 is 20.3 Å². The maximum Gasteiger partial charge on any atom is 0.290 e. The number of nitrogens with one attached hydrogen (secondary N) is 3. The Morgan fingerprint density at radius 2 is 1.80 bits per heavy atom. The highest BCUT2D eigenvalue weighted by atomic mass is 32.2. The monoisotopic (exact) mass is 632 g/mol. The van der Waals surface area contributed by atoms with Crippen molar-refractivity contribution in [2.45, 2.75) is 90.8 Å². The van der Waals surface area contributed by atoms with Crippen molar-refractivity contribution in [3.63, 3.8) is 0 Å². The van der Waals surface area contributed by atoms with E-state index in [-0.39, 0.29) is 23.7 Å². The normalized spacial score (nSPS) is 15.9. The van der Waals surface area contributed by atoms with E-state index >= 15 is 0 Å². The smallest absolute Gasteiger partial charge is 0.290 e. The van der Waals surface area contributed by atoms with Gasteiger partial charge in [-0.05, 0) is 76.1 Å². The number of aliphatic hydroxyl groups excluding tert-OH is 1. The summed E-state index contributed by atoms with van der Waals surface area (Å²) in [6.45, 7) is 11.8. The highest BCUT2D eigenvalue weighted by Gasteiger charge is 2.29. The van der Waals surface area contributed by atoms with Gasteiger partial charge < -0.3 is 26.2 Å². The Labute approximate surface area is 263 Å². The Hall–Kier alpha value is -3.15. The molecule has 0 spiro atoms. The van der Waals surface area contributed by atoms with Gasteiger partial charge in [-0.2, -0.15) is 0 Å². The third-order valence-corrected chi connectivity index (χ3v) is 9.52. The zero-order chi connectivity index (χ0) is 32.8. The van der Waals surface area contributed by atoms with Crippen LogP contribution >= 0.6 is 0 Å². The number of carbonyl (C=O) groups excluding carboxylic acids is 1. The first-order valence-electron chi connectivity index (χ1n) is 15.6. The number of aliphatic hydroxyl groups is 1. The molecule has 2 aromatic rings. The molecule has 0 aromatic heterocycles. The van der Waals surface area contributed by atoms with Crippen molar-refractivity contribution >= 4 is 33.8 Å². The number of hydrogen-bond acceptors (Lipinski definition) is 7. The molecular weight excluding hydrogens is 580 g/mol. The fraction of sp³-hybridized carbons (Fsp3) is 0.576. The molecule has 2 atom stereocenters. The van der Waals surface area contributed by atoms with Crippen LogP contribution in [0.5, 0.6) is 0 Å². The maximum atomic E-state index is 13.7. The highest BCUT2D eigenvalue weighted by Crippen LogP contribution is 2.28. The van der Waals surface area contributed by atoms with E-state index < -0.39 is 22.2 Å². The average Bonchev–Trinajstić information content (AvgIpc) is 2.96. The molecule has 1 amide bonds. The Morgan fingerprint density at radius 1 is 1.11 bits per heavy atom. The summed E-state index contributed by atoms with van der Waals surface area (Å²) < 4.78 is 27.1. The van der Waals surface area contributed by atoms with Gasteiger partial charge in [0.25, 0.3) is 12.4 Å². The number of benzene rings is 2. The quantitative estimate of drug-likeness (QED) is 0.178. The standard InChI is InChI=1S/C32H50N4O4S.CH2O2/c1-6-33-27-20-26(21-28(22-27)36-17-10-11-18-41(36,39)40)31(38)35-29(19-25-14-8-7-9-15-25)30(37)23-34-32(4,5)16-12-13-24(2)3;2-1-3/h7-9,14-15,20-22,24,29-30,33-34,37H,6,10-13,16-19,23H2,1-5H3,(H,35,38);1H,(H,2,3)/t29-,30+;/m0./s1. The molecule has 0 unspecified atom stereocenters. The molecule has 0 aliphatic carbocycles. The first kappa shape index (κ1) is 37.0. The lowest BCUT2D eigenvalue weighted by Gasteiger charge is -2.31. The second-order valence-corrected chi connectivity index (χ2v) is 14.4. The summed E-state index contributed by atoms with van der Waals surface area (Å²) in [5, 5.41) is 28.0. The summed E-state index contributed by atoms with van der Waals surface area (Å²) in [6.07, 6.45) is 4.31. The Morgan fingerprint density at radius 3 is 2.41 bits per heavy atom. The van der Waals surface area contributed by atoms with Crippen molar-refractivity contribution in [3.8, 4) is 0 Å². The van der Waals surface area contributed by atoms with Crippen molar-refractivity contribution in [1.29, 1.82) is 0 Å². The average molecular weight is 633 g/mol. The highest BCUT2D eigenvalue weighted by molar-refractivity contribution is 7.92. The number of rotatable bonds is 15. The second-order valence-electron chi connectivity index (χ2n) is 12.4. The molecule has 1 aliphatic rings. The predicted molar refractivity (Wildman–Crippen MR) is 178 cm³/mol. The van der Waals surface area contributed by atoms with Gasteiger partial charge in [-0.15, -0.1) is 0 Å². The van der Waals surface area contributed by atoms with Crippen molar-refractivity contribution in [3.05, 3.63) is 59.7 Å². The van der Waals surface area contributed by atoms with Gasteiger partial charge in [0.1, 0.15) is 0 Å². The van der Waals surface area contributed by atoms with Gasteiger partial charge in [-0.3, -0.25) is 13.9 Å². The molecule has 0 bridgehead atoms. The number of nitrogens with zero attached hydrogens (tertiary/aromatic N) is 1. The molecule has 246 valence electrons. The molecule has 1 heterocycles. The van der Waals surface area contributed by atoms with Gasteiger partial charge in [0.15, 0.2) is 0 Å². The largest absolute Gasteiger partial charge is 0.483 e. The number of anilines is 2. The van der Waals surface area contributed by atoms with Crippen LogP contribution in [-0.2, 0) is 21.2 Å². The summed E-state index contributed by atoms with van der Waals surface area (Å²) in [5.74, 6) is 0.409. The number of amides is 1. The fourth-order valence-corrected chi connectivity index (χ4v) is 6.86. The topological polar surface area (TPSA) is 148 Å². The summed E-state index contributed by atoms with van der Waals surface area (Å²) >= 11 is 0. The summed E-state index contributed by atoms with van der Waals surface area (Å²) in [4.78, 5) is 22.0. The molecule has 1 aliphatic heterocycles. The number of sulfonamides is 1. The van der Waals surface area contributed by atoms with Gasteiger partial charge in [0.05, 0.1) is 23.6 Å². The SMILES string of the molecule is CCNc1cc(C(=O)N[C@@H](Cc2ccccc2)[C@H](O)CNC(C)(C)CCCC(C)C)cc(N2CCCCS2(=O)=O)c1.O=CO. The van der Waals surface area contributed by atoms with E-state index in [4.69, 9.17) is 9.90 Å². The van der Waals surface area contributed by atoms with E-state index in [0.29, 0.717) is 55.3 Å². The molecule has 2 aromatic carbocycles. The second kappa shape index (κ2) is 18.0. The minimum absolute atomic E-state index is 0.103. The van der Waals surface area contributed by atoms with Crippen LogP contribution in [-0.4, -0.2) is 74.1 Å². The Kier molecular flexibility index (Phi) is 15.1. The van der Waals surface area contributed by atoms with Crippen LogP contribution in [0.1, 0.15) is 82.6 Å². The third-order valence-electron chi connectivity index (χ3n) is 7.65. The van der Waals surface area contributed by atoms with E-state index in [1.54, 1.807) is 18.2 Å². The molecule has 0 radical (unpaired) electrons. The van der Waals surface area contributed by atoms with Gasteiger partial charge >= 0.3 is 0 Å². The molecular formula is C33H52N4O6S. The van der Waals surface area contributed by atoms with E-state index in [2.05, 4.69) is 43.6 Å². The number of carbonyl (C=O) groups is 2. The molecule has 0 saturated carbocycles. The van der Waals surface area contributed by atoms with Crippen molar-refractivity contribution in [2.24, 2.45) is 5.92 Å². The van der Waals surface area contributed by atoms with Crippen LogP contribution in [0.4, 0.5) is 11.4 Å². The first-order valence-corrected chi connectivity index (χ1v) is 17.2. The van der Waals surface area contributed by atoms with Crippen molar-refractivity contribution in [2.75, 3.05) is 35.0 Å². The summed E-state index contributed by atoms with van der Waals surface area (Å²) in [7, 11) is -3.44. The van der Waals surface area contributed by atoms with E-state index in [9.17, 15) is 18.3 Å². The van der Waals surface area contributed by atoms with Gasteiger partial charge in [0.2, 0.25) is 10.0 Å². The van der Waals surface area contributed by atoms with Crippen LogP contribution in [0.15, 0.2) is 48.5 Å².